The topological polar surface area (TPSA) is 72.6 Å². The third kappa shape index (κ3) is 2.79. The van der Waals surface area contributed by atoms with Crippen LogP contribution in [0.25, 0.3) is 0 Å². The van der Waals surface area contributed by atoms with Crippen LogP contribution < -0.4 is 5.73 Å². The molecular formula is C8H15NO3. The predicted octanol–water partition coefficient (Wildman–Crippen LogP) is 0.215. The van der Waals surface area contributed by atoms with Gasteiger partial charge >= 0.3 is 5.97 Å². The average molecular weight is 173 g/mol. The standard InChI is InChI=1S/C8H15NO3/c9-7(4-8(10)11)6-2-1-3-12-5-6/h6-7H,1-5,9H2,(H,10,11)/t6?,7-/m1/s1. The van der Waals surface area contributed by atoms with Gasteiger partial charge in [0.25, 0.3) is 0 Å². The van der Waals surface area contributed by atoms with E-state index in [0.717, 1.165) is 19.4 Å². The monoisotopic (exact) mass is 173 g/mol. The molecule has 0 radical (unpaired) electrons. The van der Waals surface area contributed by atoms with Crippen molar-refractivity contribution in [1.29, 1.82) is 0 Å². The summed E-state index contributed by atoms with van der Waals surface area (Å²) < 4.78 is 5.21. The zero-order valence-corrected chi connectivity index (χ0v) is 7.03. The second-order valence-electron chi connectivity index (χ2n) is 3.24. The maximum absolute atomic E-state index is 10.3. The van der Waals surface area contributed by atoms with Crippen molar-refractivity contribution in [2.45, 2.75) is 25.3 Å². The Morgan fingerprint density at radius 3 is 3.00 bits per heavy atom. The molecule has 0 amide bonds. The van der Waals surface area contributed by atoms with Crippen molar-refractivity contribution in [1.82, 2.24) is 0 Å². The van der Waals surface area contributed by atoms with E-state index in [9.17, 15) is 4.79 Å². The highest BCUT2D eigenvalue weighted by molar-refractivity contribution is 5.67. The molecule has 1 saturated heterocycles. The maximum Gasteiger partial charge on any atom is 0.304 e. The fourth-order valence-corrected chi connectivity index (χ4v) is 1.47. The van der Waals surface area contributed by atoms with Crippen LogP contribution in [0, 0.1) is 5.92 Å². The molecule has 4 nitrogen and oxygen atoms in total. The Hall–Kier alpha value is -0.610. The Balaban J connectivity index is 2.29. The summed E-state index contributed by atoms with van der Waals surface area (Å²) >= 11 is 0. The minimum Gasteiger partial charge on any atom is -0.481 e. The lowest BCUT2D eigenvalue weighted by Crippen LogP contribution is -2.37. The lowest BCUT2D eigenvalue weighted by molar-refractivity contribution is -0.137. The molecule has 0 aliphatic carbocycles. The number of aliphatic carboxylic acids is 1. The Morgan fingerprint density at radius 2 is 2.50 bits per heavy atom. The first-order valence-electron chi connectivity index (χ1n) is 4.25. The molecule has 1 aliphatic heterocycles. The van der Waals surface area contributed by atoms with Crippen molar-refractivity contribution < 1.29 is 14.6 Å². The summed E-state index contributed by atoms with van der Waals surface area (Å²) in [4.78, 5) is 10.3. The van der Waals surface area contributed by atoms with Crippen LogP contribution in [-0.2, 0) is 9.53 Å². The molecule has 12 heavy (non-hydrogen) atoms. The third-order valence-electron chi connectivity index (χ3n) is 2.21. The van der Waals surface area contributed by atoms with Crippen LogP contribution in [0.15, 0.2) is 0 Å². The van der Waals surface area contributed by atoms with Crippen molar-refractivity contribution in [3.05, 3.63) is 0 Å². The molecule has 3 N–H and O–H groups in total. The molecule has 1 rings (SSSR count). The van der Waals surface area contributed by atoms with Gasteiger partial charge in [-0.3, -0.25) is 4.79 Å². The second-order valence-corrected chi connectivity index (χ2v) is 3.24. The van der Waals surface area contributed by atoms with Crippen molar-refractivity contribution in [2.75, 3.05) is 13.2 Å². The zero-order chi connectivity index (χ0) is 8.97. The largest absolute Gasteiger partial charge is 0.481 e. The van der Waals surface area contributed by atoms with Gasteiger partial charge in [-0.2, -0.15) is 0 Å². The van der Waals surface area contributed by atoms with Gasteiger partial charge in [0.05, 0.1) is 13.0 Å². The molecule has 0 aromatic heterocycles. The van der Waals surface area contributed by atoms with Crippen LogP contribution >= 0.6 is 0 Å². The summed E-state index contributed by atoms with van der Waals surface area (Å²) in [6, 6.07) is -0.247. The first-order chi connectivity index (χ1) is 5.70. The fraction of sp³-hybridized carbons (Fsp3) is 0.875. The number of rotatable bonds is 3. The van der Waals surface area contributed by atoms with Gasteiger partial charge in [0.15, 0.2) is 0 Å². The van der Waals surface area contributed by atoms with Crippen molar-refractivity contribution in [2.24, 2.45) is 11.7 Å². The predicted molar refractivity (Wildman–Crippen MR) is 43.8 cm³/mol. The summed E-state index contributed by atoms with van der Waals surface area (Å²) in [5.74, 6) is -0.595. The van der Waals surface area contributed by atoms with E-state index in [2.05, 4.69) is 0 Å². The highest BCUT2D eigenvalue weighted by atomic mass is 16.5. The quantitative estimate of drug-likeness (QED) is 0.640. The number of hydrogen-bond acceptors (Lipinski definition) is 3. The van der Waals surface area contributed by atoms with Crippen molar-refractivity contribution in [3.8, 4) is 0 Å². The smallest absolute Gasteiger partial charge is 0.304 e. The number of carboxylic acids is 1. The number of nitrogens with two attached hydrogens (primary N) is 1. The first-order valence-corrected chi connectivity index (χ1v) is 4.25. The summed E-state index contributed by atoms with van der Waals surface area (Å²) in [6.07, 6.45) is 2.04. The zero-order valence-electron chi connectivity index (χ0n) is 7.03. The van der Waals surface area contributed by atoms with Crippen molar-refractivity contribution >= 4 is 5.97 Å². The molecule has 1 aliphatic rings. The molecule has 1 unspecified atom stereocenters. The van der Waals surface area contributed by atoms with Gasteiger partial charge in [-0.1, -0.05) is 0 Å². The van der Waals surface area contributed by atoms with E-state index in [4.69, 9.17) is 15.6 Å². The lowest BCUT2D eigenvalue weighted by Gasteiger charge is -2.26. The number of hydrogen-bond donors (Lipinski definition) is 2. The molecule has 4 heteroatoms. The lowest BCUT2D eigenvalue weighted by atomic mass is 9.92. The molecule has 0 bridgehead atoms. The molecule has 1 fully saturated rings. The molecule has 0 aromatic rings. The Morgan fingerprint density at radius 1 is 1.75 bits per heavy atom. The van der Waals surface area contributed by atoms with Gasteiger partial charge < -0.3 is 15.6 Å². The highest BCUT2D eigenvalue weighted by Crippen LogP contribution is 2.17. The molecule has 0 aromatic carbocycles. The fourth-order valence-electron chi connectivity index (χ4n) is 1.47. The summed E-state index contributed by atoms with van der Waals surface area (Å²) in [7, 11) is 0. The first kappa shape index (κ1) is 9.48. The second kappa shape index (κ2) is 4.42. The average Bonchev–Trinajstić information content (AvgIpc) is 2.05. The van der Waals surface area contributed by atoms with Gasteiger partial charge in [-0.05, 0) is 18.8 Å². The summed E-state index contributed by atoms with van der Waals surface area (Å²) in [6.45, 7) is 1.41. The van der Waals surface area contributed by atoms with Crippen LogP contribution in [0.1, 0.15) is 19.3 Å². The number of carboxylic acid groups (broad SMARTS) is 1. The number of ether oxygens (including phenoxy) is 1. The minimum absolute atomic E-state index is 0.0496. The van der Waals surface area contributed by atoms with Crippen LogP contribution in [-0.4, -0.2) is 30.3 Å². The van der Waals surface area contributed by atoms with Gasteiger partial charge in [0.2, 0.25) is 0 Å². The highest BCUT2D eigenvalue weighted by Gasteiger charge is 2.22. The molecule has 2 atom stereocenters. The Labute approximate surface area is 71.7 Å². The van der Waals surface area contributed by atoms with E-state index < -0.39 is 5.97 Å². The van der Waals surface area contributed by atoms with Gasteiger partial charge in [0, 0.05) is 12.6 Å². The van der Waals surface area contributed by atoms with Crippen LogP contribution in [0.2, 0.25) is 0 Å². The van der Waals surface area contributed by atoms with Crippen LogP contribution in [0.5, 0.6) is 0 Å². The SMILES string of the molecule is N[C@H](CC(=O)O)C1CCCOC1. The van der Waals surface area contributed by atoms with E-state index in [1.807, 2.05) is 0 Å². The number of carbonyl (C=O) groups is 1. The van der Waals surface area contributed by atoms with E-state index in [0.29, 0.717) is 6.61 Å². The Bertz CT molecular complexity index is 154. The van der Waals surface area contributed by atoms with Gasteiger partial charge in [0.1, 0.15) is 0 Å². The summed E-state index contributed by atoms with van der Waals surface area (Å²) in [5, 5.41) is 8.49. The van der Waals surface area contributed by atoms with Crippen LogP contribution in [0.3, 0.4) is 0 Å². The Kier molecular flexibility index (Phi) is 3.49. The maximum atomic E-state index is 10.3. The molecule has 70 valence electrons. The van der Waals surface area contributed by atoms with E-state index in [-0.39, 0.29) is 18.4 Å². The third-order valence-corrected chi connectivity index (χ3v) is 2.21. The van der Waals surface area contributed by atoms with Crippen LogP contribution in [0.4, 0.5) is 0 Å². The molecule has 1 heterocycles. The van der Waals surface area contributed by atoms with E-state index in [1.54, 1.807) is 0 Å². The van der Waals surface area contributed by atoms with E-state index in [1.165, 1.54) is 0 Å². The molecular weight excluding hydrogens is 158 g/mol. The molecule has 0 spiro atoms. The van der Waals surface area contributed by atoms with Crippen molar-refractivity contribution in [3.63, 3.8) is 0 Å². The summed E-state index contributed by atoms with van der Waals surface area (Å²) in [5.41, 5.74) is 5.69. The van der Waals surface area contributed by atoms with Gasteiger partial charge in [-0.15, -0.1) is 0 Å². The van der Waals surface area contributed by atoms with E-state index >= 15 is 0 Å². The van der Waals surface area contributed by atoms with Gasteiger partial charge in [-0.25, -0.2) is 0 Å². The normalized spacial score (nSPS) is 26.6. The minimum atomic E-state index is -0.826. The molecule has 0 saturated carbocycles.